The highest BCUT2D eigenvalue weighted by Crippen LogP contribution is 2.08. The van der Waals surface area contributed by atoms with Crippen molar-refractivity contribution < 1.29 is 4.79 Å². The van der Waals surface area contributed by atoms with Crippen LogP contribution < -0.4 is 10.6 Å². The van der Waals surface area contributed by atoms with Gasteiger partial charge in [0.25, 0.3) is 5.91 Å². The maximum absolute atomic E-state index is 11.9. The van der Waals surface area contributed by atoms with Crippen LogP contribution in [-0.4, -0.2) is 27.4 Å². The fourth-order valence-electron chi connectivity index (χ4n) is 1.49. The van der Waals surface area contributed by atoms with Crippen molar-refractivity contribution in [1.29, 1.82) is 0 Å². The number of nitrogens with zero attached hydrogens (tertiary/aromatic N) is 3. The molecule has 2 aromatic heterocycles. The highest BCUT2D eigenvalue weighted by Gasteiger charge is 2.09. The van der Waals surface area contributed by atoms with E-state index in [1.807, 2.05) is 19.2 Å². The second-order valence-electron chi connectivity index (χ2n) is 3.86. The van der Waals surface area contributed by atoms with Crippen molar-refractivity contribution in [2.45, 2.75) is 20.4 Å². The van der Waals surface area contributed by atoms with E-state index < -0.39 is 0 Å². The molecule has 0 aliphatic carbocycles. The van der Waals surface area contributed by atoms with E-state index in [0.717, 1.165) is 17.2 Å². The number of amides is 1. The Morgan fingerprint density at radius 1 is 1.37 bits per heavy atom. The number of aryl methyl sites for hydroxylation is 1. The number of carbonyl (C=O) groups excluding carboxylic acids is 1. The number of rotatable bonds is 5. The van der Waals surface area contributed by atoms with Gasteiger partial charge in [-0.1, -0.05) is 0 Å². The summed E-state index contributed by atoms with van der Waals surface area (Å²) in [7, 11) is 0. The third-order valence-electron chi connectivity index (χ3n) is 2.32. The van der Waals surface area contributed by atoms with Crippen LogP contribution in [0.25, 0.3) is 0 Å². The van der Waals surface area contributed by atoms with Crippen molar-refractivity contribution in [1.82, 2.24) is 20.3 Å². The van der Waals surface area contributed by atoms with Gasteiger partial charge in [-0.15, -0.1) is 11.3 Å². The van der Waals surface area contributed by atoms with E-state index in [2.05, 4.69) is 25.6 Å². The molecule has 0 saturated heterocycles. The predicted molar refractivity (Wildman–Crippen MR) is 74.2 cm³/mol. The minimum absolute atomic E-state index is 0.252. The van der Waals surface area contributed by atoms with Crippen molar-refractivity contribution in [3.63, 3.8) is 0 Å². The molecule has 7 heteroatoms. The Bertz CT molecular complexity index is 569. The van der Waals surface area contributed by atoms with Crippen LogP contribution in [0.15, 0.2) is 17.8 Å². The first kappa shape index (κ1) is 13.4. The Morgan fingerprint density at radius 2 is 2.21 bits per heavy atom. The second-order valence-corrected chi connectivity index (χ2v) is 4.92. The van der Waals surface area contributed by atoms with Gasteiger partial charge < -0.3 is 10.6 Å². The van der Waals surface area contributed by atoms with Crippen LogP contribution in [0, 0.1) is 6.92 Å². The molecule has 2 heterocycles. The van der Waals surface area contributed by atoms with Crippen molar-refractivity contribution in [3.8, 4) is 0 Å². The van der Waals surface area contributed by atoms with E-state index in [9.17, 15) is 4.79 Å². The van der Waals surface area contributed by atoms with Gasteiger partial charge in [-0.25, -0.2) is 9.97 Å². The zero-order valence-electron chi connectivity index (χ0n) is 10.8. The van der Waals surface area contributed by atoms with E-state index in [1.165, 1.54) is 6.20 Å². The van der Waals surface area contributed by atoms with Gasteiger partial charge in [-0.2, -0.15) is 0 Å². The van der Waals surface area contributed by atoms with Crippen molar-refractivity contribution in [3.05, 3.63) is 34.2 Å². The molecule has 0 aliphatic rings. The zero-order valence-corrected chi connectivity index (χ0v) is 11.6. The summed E-state index contributed by atoms with van der Waals surface area (Å²) >= 11 is 1.56. The standard InChI is InChI=1S/C12H15N5OS/c1-3-14-11-6-13-5-10(17-11)12(18)15-4-9-7-19-8(2)16-9/h5-7H,3-4H2,1-2H3,(H,14,17)(H,15,18). The number of hydrogen-bond acceptors (Lipinski definition) is 6. The summed E-state index contributed by atoms with van der Waals surface area (Å²) in [5, 5.41) is 8.70. The van der Waals surface area contributed by atoms with Gasteiger partial charge in [0.15, 0.2) is 0 Å². The molecule has 0 saturated carbocycles. The van der Waals surface area contributed by atoms with Crippen LogP contribution >= 0.6 is 11.3 Å². The van der Waals surface area contributed by atoms with E-state index >= 15 is 0 Å². The Balaban J connectivity index is 1.97. The molecule has 2 N–H and O–H groups in total. The van der Waals surface area contributed by atoms with Crippen LogP contribution in [0.4, 0.5) is 5.82 Å². The molecule has 0 unspecified atom stereocenters. The van der Waals surface area contributed by atoms with Gasteiger partial charge in [0.1, 0.15) is 11.5 Å². The Hall–Kier alpha value is -2.02. The molecule has 0 fully saturated rings. The summed E-state index contributed by atoms with van der Waals surface area (Å²) in [6, 6.07) is 0. The smallest absolute Gasteiger partial charge is 0.271 e. The maximum Gasteiger partial charge on any atom is 0.271 e. The normalized spacial score (nSPS) is 10.2. The maximum atomic E-state index is 11.9. The lowest BCUT2D eigenvalue weighted by molar-refractivity contribution is 0.0945. The fourth-order valence-corrected chi connectivity index (χ4v) is 2.11. The summed E-state index contributed by atoms with van der Waals surface area (Å²) in [5.74, 6) is 0.345. The molecule has 1 amide bonds. The lowest BCUT2D eigenvalue weighted by Gasteiger charge is -2.05. The number of thiazole rings is 1. The number of nitrogens with one attached hydrogen (secondary N) is 2. The Kier molecular flexibility index (Phi) is 4.40. The number of hydrogen-bond donors (Lipinski definition) is 2. The number of carbonyl (C=O) groups is 1. The van der Waals surface area contributed by atoms with Crippen LogP contribution in [0.5, 0.6) is 0 Å². The molecule has 6 nitrogen and oxygen atoms in total. The molecular weight excluding hydrogens is 262 g/mol. The molecule has 0 atom stereocenters. The van der Waals surface area contributed by atoms with Gasteiger partial charge in [-0.3, -0.25) is 9.78 Å². The monoisotopic (exact) mass is 277 g/mol. The van der Waals surface area contributed by atoms with Crippen LogP contribution in [0.3, 0.4) is 0 Å². The third kappa shape index (κ3) is 3.72. The number of anilines is 1. The highest BCUT2D eigenvalue weighted by molar-refractivity contribution is 7.09. The molecule has 0 bridgehead atoms. The quantitative estimate of drug-likeness (QED) is 0.868. The fraction of sp³-hybridized carbons (Fsp3) is 0.333. The molecule has 2 rings (SSSR count). The van der Waals surface area contributed by atoms with Crippen molar-refractivity contribution in [2.75, 3.05) is 11.9 Å². The lowest BCUT2D eigenvalue weighted by Crippen LogP contribution is -2.24. The average molecular weight is 277 g/mol. The molecule has 2 aromatic rings. The van der Waals surface area contributed by atoms with E-state index in [-0.39, 0.29) is 5.91 Å². The second kappa shape index (κ2) is 6.24. The first-order chi connectivity index (χ1) is 9.19. The molecule has 0 aliphatic heterocycles. The highest BCUT2D eigenvalue weighted by atomic mass is 32.1. The molecule has 19 heavy (non-hydrogen) atoms. The predicted octanol–water partition coefficient (Wildman–Crippen LogP) is 1.60. The van der Waals surface area contributed by atoms with Crippen LogP contribution in [0.1, 0.15) is 28.1 Å². The van der Waals surface area contributed by atoms with Gasteiger partial charge in [0, 0.05) is 11.9 Å². The Labute approximate surface area is 115 Å². The minimum Gasteiger partial charge on any atom is -0.369 e. The van der Waals surface area contributed by atoms with Gasteiger partial charge >= 0.3 is 0 Å². The summed E-state index contributed by atoms with van der Waals surface area (Å²) in [4.78, 5) is 24.4. The third-order valence-corrected chi connectivity index (χ3v) is 3.14. The summed E-state index contributed by atoms with van der Waals surface area (Å²) in [6.45, 7) is 5.02. The largest absolute Gasteiger partial charge is 0.369 e. The first-order valence-electron chi connectivity index (χ1n) is 5.94. The van der Waals surface area contributed by atoms with Crippen LogP contribution in [-0.2, 0) is 6.54 Å². The molecule has 100 valence electrons. The van der Waals surface area contributed by atoms with E-state index in [1.54, 1.807) is 17.5 Å². The van der Waals surface area contributed by atoms with E-state index in [4.69, 9.17) is 0 Å². The SMILES string of the molecule is CCNc1cncc(C(=O)NCc2csc(C)n2)n1. The molecule has 0 radical (unpaired) electrons. The molecular formula is C12H15N5OS. The van der Waals surface area contributed by atoms with Crippen LogP contribution in [0.2, 0.25) is 0 Å². The van der Waals surface area contributed by atoms with Gasteiger partial charge in [0.05, 0.1) is 29.6 Å². The number of aromatic nitrogens is 3. The minimum atomic E-state index is -0.252. The summed E-state index contributed by atoms with van der Waals surface area (Å²) in [6.07, 6.45) is 3.03. The van der Waals surface area contributed by atoms with E-state index in [0.29, 0.717) is 18.1 Å². The molecule has 0 spiro atoms. The summed E-state index contributed by atoms with van der Waals surface area (Å²) < 4.78 is 0. The molecule has 0 aromatic carbocycles. The van der Waals surface area contributed by atoms with Crippen molar-refractivity contribution in [2.24, 2.45) is 0 Å². The lowest BCUT2D eigenvalue weighted by atomic mass is 10.4. The first-order valence-corrected chi connectivity index (χ1v) is 6.82. The van der Waals surface area contributed by atoms with Crippen molar-refractivity contribution >= 4 is 23.1 Å². The van der Waals surface area contributed by atoms with Gasteiger partial charge in [0.2, 0.25) is 0 Å². The average Bonchev–Trinajstić information content (AvgIpc) is 2.82. The summed E-state index contributed by atoms with van der Waals surface area (Å²) in [5.41, 5.74) is 1.15. The topological polar surface area (TPSA) is 79.8 Å². The van der Waals surface area contributed by atoms with Gasteiger partial charge in [-0.05, 0) is 13.8 Å². The zero-order chi connectivity index (χ0) is 13.7. The Morgan fingerprint density at radius 3 is 2.89 bits per heavy atom.